The van der Waals surface area contributed by atoms with Crippen molar-refractivity contribution in [2.45, 2.75) is 66.2 Å². The van der Waals surface area contributed by atoms with Crippen molar-refractivity contribution < 1.29 is 5.11 Å². The molecule has 0 aliphatic carbocycles. The van der Waals surface area contributed by atoms with E-state index in [1.807, 2.05) is 0 Å². The monoisotopic (exact) mass is 214 g/mol. The standard InChI is InChI=1S/C14H30O/c1-5-7-13(6-2)10-14(11-15)9-8-12(3)4/h12-15H,5-11H2,1-4H3. The van der Waals surface area contributed by atoms with Gasteiger partial charge in [-0.2, -0.15) is 0 Å². The van der Waals surface area contributed by atoms with E-state index in [9.17, 15) is 5.11 Å². The average Bonchev–Trinajstić information content (AvgIpc) is 2.22. The first-order chi connectivity index (χ1) is 7.13. The Balaban J connectivity index is 3.83. The lowest BCUT2D eigenvalue weighted by Crippen LogP contribution is -2.13. The number of aliphatic hydroxyl groups is 1. The van der Waals surface area contributed by atoms with Crippen LogP contribution in [0.3, 0.4) is 0 Å². The van der Waals surface area contributed by atoms with Crippen molar-refractivity contribution in [3.05, 3.63) is 0 Å². The van der Waals surface area contributed by atoms with Gasteiger partial charge < -0.3 is 5.11 Å². The van der Waals surface area contributed by atoms with Crippen molar-refractivity contribution in [1.82, 2.24) is 0 Å². The summed E-state index contributed by atoms with van der Waals surface area (Å²) < 4.78 is 0. The van der Waals surface area contributed by atoms with Gasteiger partial charge in [0.1, 0.15) is 0 Å². The molecule has 0 aliphatic rings. The molecule has 15 heavy (non-hydrogen) atoms. The molecule has 0 saturated carbocycles. The molecule has 0 rings (SSSR count). The Bertz CT molecular complexity index is 131. The maximum atomic E-state index is 9.35. The van der Waals surface area contributed by atoms with E-state index in [0.29, 0.717) is 12.5 Å². The van der Waals surface area contributed by atoms with E-state index < -0.39 is 0 Å². The van der Waals surface area contributed by atoms with E-state index >= 15 is 0 Å². The summed E-state index contributed by atoms with van der Waals surface area (Å²) in [5.74, 6) is 2.15. The summed E-state index contributed by atoms with van der Waals surface area (Å²) in [7, 11) is 0. The van der Waals surface area contributed by atoms with Crippen LogP contribution in [0.5, 0.6) is 0 Å². The highest BCUT2D eigenvalue weighted by Gasteiger charge is 2.14. The van der Waals surface area contributed by atoms with Crippen molar-refractivity contribution in [3.8, 4) is 0 Å². The van der Waals surface area contributed by atoms with Gasteiger partial charge in [0.15, 0.2) is 0 Å². The molecule has 2 atom stereocenters. The van der Waals surface area contributed by atoms with E-state index in [1.165, 1.54) is 38.5 Å². The second kappa shape index (κ2) is 9.21. The average molecular weight is 214 g/mol. The molecule has 1 heteroatoms. The van der Waals surface area contributed by atoms with E-state index in [0.717, 1.165) is 11.8 Å². The van der Waals surface area contributed by atoms with Crippen LogP contribution in [-0.2, 0) is 0 Å². The first-order valence-corrected chi connectivity index (χ1v) is 6.74. The van der Waals surface area contributed by atoms with Crippen LogP contribution < -0.4 is 0 Å². The van der Waals surface area contributed by atoms with Crippen molar-refractivity contribution in [1.29, 1.82) is 0 Å². The molecular formula is C14H30O. The van der Waals surface area contributed by atoms with Gasteiger partial charge >= 0.3 is 0 Å². The Labute approximate surface area is 96.3 Å². The van der Waals surface area contributed by atoms with Crippen LogP contribution in [0, 0.1) is 17.8 Å². The molecular weight excluding hydrogens is 184 g/mol. The highest BCUT2D eigenvalue weighted by molar-refractivity contribution is 4.66. The van der Waals surface area contributed by atoms with Crippen LogP contribution in [0.2, 0.25) is 0 Å². The molecule has 0 heterocycles. The molecule has 0 aromatic heterocycles. The third-order valence-electron chi connectivity index (χ3n) is 3.35. The molecule has 0 fully saturated rings. The van der Waals surface area contributed by atoms with Crippen molar-refractivity contribution in [3.63, 3.8) is 0 Å². The van der Waals surface area contributed by atoms with Gasteiger partial charge in [0.2, 0.25) is 0 Å². The lowest BCUT2D eigenvalue weighted by Gasteiger charge is -2.21. The van der Waals surface area contributed by atoms with Crippen LogP contribution in [-0.4, -0.2) is 11.7 Å². The van der Waals surface area contributed by atoms with Crippen LogP contribution in [0.15, 0.2) is 0 Å². The second-order valence-electron chi connectivity index (χ2n) is 5.32. The SMILES string of the molecule is CCCC(CC)CC(CO)CCC(C)C. The highest BCUT2D eigenvalue weighted by Crippen LogP contribution is 2.24. The molecule has 0 aliphatic heterocycles. The van der Waals surface area contributed by atoms with Crippen LogP contribution >= 0.6 is 0 Å². The third-order valence-corrected chi connectivity index (χ3v) is 3.35. The first-order valence-electron chi connectivity index (χ1n) is 6.74. The fraction of sp³-hybridized carbons (Fsp3) is 1.00. The van der Waals surface area contributed by atoms with E-state index in [4.69, 9.17) is 0 Å². The van der Waals surface area contributed by atoms with Gasteiger partial charge in [0, 0.05) is 6.61 Å². The fourth-order valence-corrected chi connectivity index (χ4v) is 2.22. The van der Waals surface area contributed by atoms with Gasteiger partial charge in [-0.3, -0.25) is 0 Å². The van der Waals surface area contributed by atoms with E-state index in [2.05, 4.69) is 27.7 Å². The van der Waals surface area contributed by atoms with Crippen LogP contribution in [0.4, 0.5) is 0 Å². The second-order valence-corrected chi connectivity index (χ2v) is 5.32. The van der Waals surface area contributed by atoms with Crippen molar-refractivity contribution in [2.24, 2.45) is 17.8 Å². The zero-order valence-corrected chi connectivity index (χ0v) is 11.1. The molecule has 0 radical (unpaired) electrons. The molecule has 0 saturated heterocycles. The van der Waals surface area contributed by atoms with Gasteiger partial charge in [0.25, 0.3) is 0 Å². The molecule has 0 aromatic carbocycles. The van der Waals surface area contributed by atoms with E-state index in [1.54, 1.807) is 0 Å². The van der Waals surface area contributed by atoms with Gasteiger partial charge in [-0.15, -0.1) is 0 Å². The minimum Gasteiger partial charge on any atom is -0.396 e. The predicted molar refractivity (Wildman–Crippen MR) is 68.0 cm³/mol. The molecule has 0 aromatic rings. The highest BCUT2D eigenvalue weighted by atomic mass is 16.3. The lowest BCUT2D eigenvalue weighted by molar-refractivity contribution is 0.181. The molecule has 1 N–H and O–H groups in total. The Morgan fingerprint density at radius 2 is 1.60 bits per heavy atom. The Morgan fingerprint density at radius 1 is 0.933 bits per heavy atom. The summed E-state index contributed by atoms with van der Waals surface area (Å²) in [6, 6.07) is 0. The minimum absolute atomic E-state index is 0.382. The number of rotatable bonds is 9. The molecule has 2 unspecified atom stereocenters. The Hall–Kier alpha value is -0.0400. The minimum atomic E-state index is 0.382. The maximum Gasteiger partial charge on any atom is 0.0459 e. The third kappa shape index (κ3) is 7.84. The fourth-order valence-electron chi connectivity index (χ4n) is 2.22. The molecule has 0 spiro atoms. The predicted octanol–water partition coefficient (Wildman–Crippen LogP) is 4.25. The zero-order chi connectivity index (χ0) is 11.7. The van der Waals surface area contributed by atoms with E-state index in [-0.39, 0.29) is 0 Å². The molecule has 92 valence electrons. The first kappa shape index (κ1) is 15.0. The number of hydrogen-bond donors (Lipinski definition) is 1. The summed E-state index contributed by atoms with van der Waals surface area (Å²) in [6.07, 6.45) is 7.57. The summed E-state index contributed by atoms with van der Waals surface area (Å²) in [6.45, 7) is 9.43. The van der Waals surface area contributed by atoms with Gasteiger partial charge in [0.05, 0.1) is 0 Å². The smallest absolute Gasteiger partial charge is 0.0459 e. The summed E-state index contributed by atoms with van der Waals surface area (Å²) >= 11 is 0. The topological polar surface area (TPSA) is 20.2 Å². The van der Waals surface area contributed by atoms with Gasteiger partial charge in [-0.05, 0) is 30.6 Å². The maximum absolute atomic E-state index is 9.35. The summed E-state index contributed by atoms with van der Waals surface area (Å²) in [5.41, 5.74) is 0. The van der Waals surface area contributed by atoms with Crippen molar-refractivity contribution >= 4 is 0 Å². The number of aliphatic hydroxyl groups excluding tert-OH is 1. The largest absolute Gasteiger partial charge is 0.396 e. The summed E-state index contributed by atoms with van der Waals surface area (Å²) in [5, 5.41) is 9.35. The summed E-state index contributed by atoms with van der Waals surface area (Å²) in [4.78, 5) is 0. The molecule has 0 bridgehead atoms. The Morgan fingerprint density at radius 3 is 2.00 bits per heavy atom. The van der Waals surface area contributed by atoms with Crippen LogP contribution in [0.25, 0.3) is 0 Å². The lowest BCUT2D eigenvalue weighted by atomic mass is 9.86. The number of hydrogen-bond acceptors (Lipinski definition) is 1. The molecule has 1 nitrogen and oxygen atoms in total. The van der Waals surface area contributed by atoms with Gasteiger partial charge in [-0.1, -0.05) is 53.4 Å². The molecule has 0 amide bonds. The normalized spacial score (nSPS) is 15.6. The quantitative estimate of drug-likeness (QED) is 0.608. The van der Waals surface area contributed by atoms with Crippen molar-refractivity contribution in [2.75, 3.05) is 6.61 Å². The Kier molecular flexibility index (Phi) is 9.18. The van der Waals surface area contributed by atoms with Crippen LogP contribution in [0.1, 0.15) is 66.2 Å². The zero-order valence-electron chi connectivity index (χ0n) is 11.1. The van der Waals surface area contributed by atoms with Gasteiger partial charge in [-0.25, -0.2) is 0 Å².